The van der Waals surface area contributed by atoms with Crippen LogP contribution in [0.5, 0.6) is 0 Å². The molecule has 0 saturated carbocycles. The lowest BCUT2D eigenvalue weighted by Crippen LogP contribution is -1.97. The van der Waals surface area contributed by atoms with E-state index in [-0.39, 0.29) is 0 Å². The second-order valence-electron chi connectivity index (χ2n) is 8.44. The van der Waals surface area contributed by atoms with Gasteiger partial charge in [-0.2, -0.15) is 0 Å². The highest BCUT2D eigenvalue weighted by Gasteiger charge is 2.14. The number of benzene rings is 3. The third-order valence-corrected chi connectivity index (χ3v) is 5.98. The molecule has 0 amide bonds. The van der Waals surface area contributed by atoms with Gasteiger partial charge in [0.15, 0.2) is 11.6 Å². The maximum Gasteiger partial charge on any atom is 0.166 e. The van der Waals surface area contributed by atoms with Crippen LogP contribution in [0.1, 0.15) is 69.9 Å². The summed E-state index contributed by atoms with van der Waals surface area (Å²) in [6, 6.07) is 19.8. The van der Waals surface area contributed by atoms with Crippen molar-refractivity contribution in [1.29, 1.82) is 0 Å². The Morgan fingerprint density at radius 2 is 1.10 bits per heavy atom. The van der Waals surface area contributed by atoms with E-state index in [1.165, 1.54) is 44.1 Å². The Morgan fingerprint density at radius 1 is 0.516 bits per heavy atom. The zero-order chi connectivity index (χ0) is 22.1. The van der Waals surface area contributed by atoms with Crippen molar-refractivity contribution in [2.45, 2.75) is 71.6 Å². The lowest BCUT2D eigenvalue weighted by molar-refractivity contribution is 0.500. The summed E-state index contributed by atoms with van der Waals surface area (Å²) in [7, 11) is 0. The smallest absolute Gasteiger partial charge is 0.166 e. The van der Waals surface area contributed by atoms with E-state index in [0.717, 1.165) is 24.0 Å². The van der Waals surface area contributed by atoms with Crippen LogP contribution in [0, 0.1) is 11.6 Å². The minimum Gasteiger partial charge on any atom is -0.203 e. The third kappa shape index (κ3) is 6.26. The van der Waals surface area contributed by atoms with Gasteiger partial charge in [-0.3, -0.25) is 0 Å². The fourth-order valence-electron chi connectivity index (χ4n) is 4.09. The van der Waals surface area contributed by atoms with Crippen LogP contribution in [0.2, 0.25) is 0 Å². The summed E-state index contributed by atoms with van der Waals surface area (Å²) in [5.41, 5.74) is 5.06. The third-order valence-electron chi connectivity index (χ3n) is 5.98. The van der Waals surface area contributed by atoms with Crippen LogP contribution in [-0.4, -0.2) is 0 Å². The molecule has 3 rings (SSSR count). The number of hydrogen-bond acceptors (Lipinski definition) is 0. The van der Waals surface area contributed by atoms with E-state index in [1.54, 1.807) is 12.1 Å². The molecule has 0 aliphatic heterocycles. The normalized spacial score (nSPS) is 11.1. The van der Waals surface area contributed by atoms with Gasteiger partial charge in [0.2, 0.25) is 0 Å². The average Bonchev–Trinajstić information content (AvgIpc) is 2.80. The molecule has 0 aliphatic carbocycles. The Balaban J connectivity index is 1.63. The monoisotopic (exact) mass is 420 g/mol. The molecule has 0 bridgehead atoms. The first kappa shape index (κ1) is 23.2. The van der Waals surface area contributed by atoms with Crippen molar-refractivity contribution in [3.63, 3.8) is 0 Å². The molecule has 0 aromatic heterocycles. The predicted octanol–water partition coefficient (Wildman–Crippen LogP) is 9.15. The molecule has 0 fully saturated rings. The Labute approximate surface area is 186 Å². The van der Waals surface area contributed by atoms with E-state index >= 15 is 0 Å². The molecule has 0 aliphatic rings. The van der Waals surface area contributed by atoms with Crippen LogP contribution < -0.4 is 0 Å². The second kappa shape index (κ2) is 11.8. The van der Waals surface area contributed by atoms with Gasteiger partial charge in [0, 0.05) is 5.56 Å². The molecule has 2 heteroatoms. The van der Waals surface area contributed by atoms with Gasteiger partial charge in [-0.25, -0.2) is 8.78 Å². The van der Waals surface area contributed by atoms with Crippen LogP contribution in [0.15, 0.2) is 60.7 Å². The SMILES string of the molecule is CCCCCCCCc1ccc(-c2ccc(-c3ccc(CCC)c(F)c3F)cc2)cc1. The summed E-state index contributed by atoms with van der Waals surface area (Å²) >= 11 is 0. The summed E-state index contributed by atoms with van der Waals surface area (Å²) in [5, 5.41) is 0. The Morgan fingerprint density at radius 3 is 1.74 bits per heavy atom. The lowest BCUT2D eigenvalue weighted by atomic mass is 9.97. The van der Waals surface area contributed by atoms with Gasteiger partial charge >= 0.3 is 0 Å². The average molecular weight is 421 g/mol. The molecule has 164 valence electrons. The summed E-state index contributed by atoms with van der Waals surface area (Å²) < 4.78 is 28.9. The molecule has 0 heterocycles. The van der Waals surface area contributed by atoms with E-state index in [0.29, 0.717) is 23.1 Å². The highest BCUT2D eigenvalue weighted by atomic mass is 19.2. The summed E-state index contributed by atoms with van der Waals surface area (Å²) in [6.45, 7) is 4.21. The number of rotatable bonds is 11. The van der Waals surface area contributed by atoms with Gasteiger partial charge in [0.1, 0.15) is 0 Å². The topological polar surface area (TPSA) is 0 Å². The first-order valence-corrected chi connectivity index (χ1v) is 11.8. The Hall–Kier alpha value is -2.48. The highest BCUT2D eigenvalue weighted by molar-refractivity contribution is 5.71. The first-order chi connectivity index (χ1) is 15.1. The second-order valence-corrected chi connectivity index (χ2v) is 8.44. The van der Waals surface area contributed by atoms with E-state index in [2.05, 4.69) is 31.2 Å². The first-order valence-electron chi connectivity index (χ1n) is 11.8. The Bertz CT molecular complexity index is 940. The van der Waals surface area contributed by atoms with Crippen molar-refractivity contribution in [1.82, 2.24) is 0 Å². The zero-order valence-corrected chi connectivity index (χ0v) is 18.9. The van der Waals surface area contributed by atoms with Gasteiger partial charge in [0.05, 0.1) is 0 Å². The molecule has 31 heavy (non-hydrogen) atoms. The van der Waals surface area contributed by atoms with Crippen molar-refractivity contribution >= 4 is 0 Å². The van der Waals surface area contributed by atoms with Gasteiger partial charge in [-0.15, -0.1) is 0 Å². The maximum atomic E-state index is 14.6. The number of hydrogen-bond donors (Lipinski definition) is 0. The lowest BCUT2D eigenvalue weighted by Gasteiger charge is -2.10. The van der Waals surface area contributed by atoms with Gasteiger partial charge < -0.3 is 0 Å². The molecule has 0 nitrogen and oxygen atoms in total. The maximum absolute atomic E-state index is 14.6. The van der Waals surface area contributed by atoms with Crippen molar-refractivity contribution in [3.05, 3.63) is 83.4 Å². The fraction of sp³-hybridized carbons (Fsp3) is 0.379. The van der Waals surface area contributed by atoms with Gasteiger partial charge in [-0.05, 0) is 47.1 Å². The predicted molar refractivity (Wildman–Crippen MR) is 128 cm³/mol. The largest absolute Gasteiger partial charge is 0.203 e. The fourth-order valence-corrected chi connectivity index (χ4v) is 4.09. The number of unbranched alkanes of at least 4 members (excludes halogenated alkanes) is 5. The van der Waals surface area contributed by atoms with E-state index in [4.69, 9.17) is 0 Å². The highest BCUT2D eigenvalue weighted by Crippen LogP contribution is 2.29. The van der Waals surface area contributed by atoms with Crippen LogP contribution in [0.25, 0.3) is 22.3 Å². The van der Waals surface area contributed by atoms with Crippen LogP contribution in [-0.2, 0) is 12.8 Å². The van der Waals surface area contributed by atoms with E-state index in [1.807, 2.05) is 31.2 Å². The quantitative estimate of drug-likeness (QED) is 0.271. The van der Waals surface area contributed by atoms with E-state index in [9.17, 15) is 8.78 Å². The zero-order valence-electron chi connectivity index (χ0n) is 18.9. The number of aryl methyl sites for hydroxylation is 2. The van der Waals surface area contributed by atoms with E-state index < -0.39 is 11.6 Å². The molecule has 0 atom stereocenters. The molecule has 0 spiro atoms. The van der Waals surface area contributed by atoms with Crippen LogP contribution in [0.3, 0.4) is 0 Å². The molecule has 3 aromatic carbocycles. The molecular formula is C29H34F2. The minimum atomic E-state index is -0.752. The summed E-state index contributed by atoms with van der Waals surface area (Å²) in [4.78, 5) is 0. The standard InChI is InChI=1S/C29H34F2/c1-3-5-6-7-8-9-11-22-12-14-23(15-13-22)24-16-18-25(19-17-24)27-21-20-26(10-4-2)28(30)29(27)31/h12-21H,3-11H2,1-2H3. The summed E-state index contributed by atoms with van der Waals surface area (Å²) in [6.07, 6.45) is 10.4. The van der Waals surface area contributed by atoms with Gasteiger partial charge in [0.25, 0.3) is 0 Å². The molecule has 0 radical (unpaired) electrons. The molecule has 0 saturated heterocycles. The molecular weight excluding hydrogens is 386 g/mol. The Kier molecular flexibility index (Phi) is 8.82. The van der Waals surface area contributed by atoms with Crippen molar-refractivity contribution < 1.29 is 8.78 Å². The van der Waals surface area contributed by atoms with Crippen molar-refractivity contribution in [2.24, 2.45) is 0 Å². The van der Waals surface area contributed by atoms with Crippen LogP contribution in [0.4, 0.5) is 8.78 Å². The van der Waals surface area contributed by atoms with Crippen molar-refractivity contribution in [3.8, 4) is 22.3 Å². The van der Waals surface area contributed by atoms with Crippen molar-refractivity contribution in [2.75, 3.05) is 0 Å². The van der Waals surface area contributed by atoms with Gasteiger partial charge in [-0.1, -0.05) is 113 Å². The van der Waals surface area contributed by atoms with Crippen LogP contribution >= 0.6 is 0 Å². The molecule has 3 aromatic rings. The molecule has 0 N–H and O–H groups in total. The number of halogens is 2. The summed E-state index contributed by atoms with van der Waals surface area (Å²) in [5.74, 6) is -1.47. The molecule has 0 unspecified atom stereocenters. The minimum absolute atomic E-state index is 0.318.